The molecule has 2 rings (SSSR count). The summed E-state index contributed by atoms with van der Waals surface area (Å²) in [6.07, 6.45) is 2.96. The Labute approximate surface area is 111 Å². The van der Waals surface area contributed by atoms with Crippen molar-refractivity contribution in [1.29, 1.82) is 0 Å². The second-order valence-corrected chi connectivity index (χ2v) is 5.26. The molecule has 86 valence electrons. The van der Waals surface area contributed by atoms with Crippen molar-refractivity contribution in [3.8, 4) is 0 Å². The first kappa shape index (κ1) is 12.1. The SMILES string of the molecule is O=C(O)c1cnccc1Sc1ccc(Br)cc1. The van der Waals surface area contributed by atoms with Gasteiger partial charge in [-0.2, -0.15) is 0 Å². The summed E-state index contributed by atoms with van der Waals surface area (Å²) in [4.78, 5) is 16.5. The van der Waals surface area contributed by atoms with E-state index in [1.807, 2.05) is 24.3 Å². The number of aromatic carboxylic acids is 1. The first-order valence-electron chi connectivity index (χ1n) is 4.77. The van der Waals surface area contributed by atoms with Crippen molar-refractivity contribution in [2.75, 3.05) is 0 Å². The van der Waals surface area contributed by atoms with Gasteiger partial charge < -0.3 is 5.11 Å². The molecular formula is C12H8BrNO2S. The Balaban J connectivity index is 2.30. The van der Waals surface area contributed by atoms with Crippen molar-refractivity contribution in [2.24, 2.45) is 0 Å². The summed E-state index contributed by atoms with van der Waals surface area (Å²) >= 11 is 4.76. The van der Waals surface area contributed by atoms with Crippen LogP contribution in [0.5, 0.6) is 0 Å². The molecule has 0 amide bonds. The third kappa shape index (κ3) is 3.08. The zero-order chi connectivity index (χ0) is 12.3. The summed E-state index contributed by atoms with van der Waals surface area (Å²) in [5, 5.41) is 9.03. The molecule has 0 aliphatic heterocycles. The summed E-state index contributed by atoms with van der Waals surface area (Å²) in [6, 6.07) is 9.41. The molecule has 0 aliphatic carbocycles. The maximum atomic E-state index is 11.0. The van der Waals surface area contributed by atoms with Crippen molar-refractivity contribution in [3.05, 3.63) is 52.8 Å². The predicted octanol–water partition coefficient (Wildman–Crippen LogP) is 3.69. The Hall–Kier alpha value is -1.33. The van der Waals surface area contributed by atoms with Crippen LogP contribution in [0.4, 0.5) is 0 Å². The number of nitrogens with zero attached hydrogens (tertiary/aromatic N) is 1. The lowest BCUT2D eigenvalue weighted by Gasteiger charge is -2.04. The van der Waals surface area contributed by atoms with Gasteiger partial charge in [0.2, 0.25) is 0 Å². The van der Waals surface area contributed by atoms with Gasteiger partial charge in [-0.3, -0.25) is 4.98 Å². The van der Waals surface area contributed by atoms with E-state index in [1.165, 1.54) is 18.0 Å². The summed E-state index contributed by atoms with van der Waals surface area (Å²) in [7, 11) is 0. The number of rotatable bonds is 3. The molecule has 1 N–H and O–H groups in total. The predicted molar refractivity (Wildman–Crippen MR) is 69.5 cm³/mol. The van der Waals surface area contributed by atoms with Crippen molar-refractivity contribution in [3.63, 3.8) is 0 Å². The molecule has 1 aromatic heterocycles. The fourth-order valence-electron chi connectivity index (χ4n) is 1.26. The minimum Gasteiger partial charge on any atom is -0.478 e. The number of aromatic nitrogens is 1. The van der Waals surface area contributed by atoms with Gasteiger partial charge in [0.1, 0.15) is 0 Å². The molecule has 0 fully saturated rings. The van der Waals surface area contributed by atoms with Crippen LogP contribution in [0.2, 0.25) is 0 Å². The highest BCUT2D eigenvalue weighted by Crippen LogP contribution is 2.30. The van der Waals surface area contributed by atoms with Gasteiger partial charge in [-0.05, 0) is 30.3 Å². The van der Waals surface area contributed by atoms with Crippen LogP contribution in [-0.2, 0) is 0 Å². The van der Waals surface area contributed by atoms with Gasteiger partial charge >= 0.3 is 5.97 Å². The van der Waals surface area contributed by atoms with Crippen LogP contribution >= 0.6 is 27.7 Å². The van der Waals surface area contributed by atoms with Gasteiger partial charge in [0.25, 0.3) is 0 Å². The van der Waals surface area contributed by atoms with Crippen molar-refractivity contribution in [1.82, 2.24) is 4.98 Å². The summed E-state index contributed by atoms with van der Waals surface area (Å²) in [5.41, 5.74) is 0.223. The molecule has 0 saturated carbocycles. The number of carboxylic acids is 1. The Morgan fingerprint density at radius 3 is 2.59 bits per heavy atom. The summed E-state index contributed by atoms with van der Waals surface area (Å²) in [5.74, 6) is -0.960. The lowest BCUT2D eigenvalue weighted by Crippen LogP contribution is -1.99. The number of carbonyl (C=O) groups is 1. The zero-order valence-electron chi connectivity index (χ0n) is 8.63. The molecule has 0 spiro atoms. The van der Waals surface area contributed by atoms with Gasteiger partial charge in [-0.1, -0.05) is 27.7 Å². The second kappa shape index (κ2) is 5.33. The summed E-state index contributed by atoms with van der Waals surface area (Å²) < 4.78 is 0.995. The maximum absolute atomic E-state index is 11.0. The van der Waals surface area contributed by atoms with E-state index in [4.69, 9.17) is 5.11 Å². The van der Waals surface area contributed by atoms with E-state index in [-0.39, 0.29) is 5.56 Å². The number of benzene rings is 1. The average molecular weight is 310 g/mol. The van der Waals surface area contributed by atoms with Crippen LogP contribution in [0.1, 0.15) is 10.4 Å². The largest absolute Gasteiger partial charge is 0.478 e. The standard InChI is InChI=1S/C12H8BrNO2S/c13-8-1-3-9(4-2-8)17-11-5-6-14-7-10(11)12(15)16/h1-7H,(H,15,16). The van der Waals surface area contributed by atoms with E-state index in [2.05, 4.69) is 20.9 Å². The molecule has 0 radical (unpaired) electrons. The second-order valence-electron chi connectivity index (χ2n) is 3.23. The maximum Gasteiger partial charge on any atom is 0.338 e. The van der Waals surface area contributed by atoms with E-state index in [0.29, 0.717) is 4.90 Å². The fraction of sp³-hybridized carbons (Fsp3) is 0. The number of hydrogen-bond acceptors (Lipinski definition) is 3. The molecule has 3 nitrogen and oxygen atoms in total. The summed E-state index contributed by atoms with van der Waals surface area (Å²) in [6.45, 7) is 0. The lowest BCUT2D eigenvalue weighted by molar-refractivity contribution is 0.0692. The first-order chi connectivity index (χ1) is 8.16. The van der Waals surface area contributed by atoms with Crippen LogP contribution < -0.4 is 0 Å². The molecular weight excluding hydrogens is 302 g/mol. The number of carboxylic acid groups (broad SMARTS) is 1. The van der Waals surface area contributed by atoms with E-state index in [0.717, 1.165) is 9.37 Å². The molecule has 0 bridgehead atoms. The normalized spacial score (nSPS) is 10.2. The van der Waals surface area contributed by atoms with Gasteiger partial charge in [0.05, 0.1) is 5.56 Å². The average Bonchev–Trinajstić information content (AvgIpc) is 2.32. The van der Waals surface area contributed by atoms with Crippen molar-refractivity contribution >= 4 is 33.7 Å². The third-order valence-corrected chi connectivity index (χ3v) is 3.67. The van der Waals surface area contributed by atoms with Gasteiger partial charge in [0.15, 0.2) is 0 Å². The fourth-order valence-corrected chi connectivity index (χ4v) is 2.43. The van der Waals surface area contributed by atoms with E-state index >= 15 is 0 Å². The molecule has 17 heavy (non-hydrogen) atoms. The van der Waals surface area contributed by atoms with Crippen molar-refractivity contribution < 1.29 is 9.90 Å². The van der Waals surface area contributed by atoms with Gasteiger partial charge in [-0.15, -0.1) is 0 Å². The van der Waals surface area contributed by atoms with Crippen LogP contribution in [0, 0.1) is 0 Å². The van der Waals surface area contributed by atoms with Crippen LogP contribution in [-0.4, -0.2) is 16.1 Å². The highest BCUT2D eigenvalue weighted by Gasteiger charge is 2.10. The molecule has 0 aliphatic rings. The Kier molecular flexibility index (Phi) is 3.81. The topological polar surface area (TPSA) is 50.2 Å². The Bertz CT molecular complexity index is 542. The first-order valence-corrected chi connectivity index (χ1v) is 6.38. The van der Waals surface area contributed by atoms with Gasteiger partial charge in [-0.25, -0.2) is 4.79 Å². The Morgan fingerprint density at radius 1 is 1.24 bits per heavy atom. The molecule has 0 saturated heterocycles. The molecule has 5 heteroatoms. The highest BCUT2D eigenvalue weighted by atomic mass is 79.9. The molecule has 0 unspecified atom stereocenters. The molecule has 0 atom stereocenters. The highest BCUT2D eigenvalue weighted by molar-refractivity contribution is 9.10. The quantitative estimate of drug-likeness (QED) is 0.939. The number of hydrogen-bond donors (Lipinski definition) is 1. The minimum absolute atomic E-state index is 0.223. The molecule has 1 heterocycles. The number of pyridine rings is 1. The van der Waals surface area contributed by atoms with E-state index < -0.39 is 5.97 Å². The lowest BCUT2D eigenvalue weighted by atomic mass is 10.3. The van der Waals surface area contributed by atoms with Crippen molar-refractivity contribution in [2.45, 2.75) is 9.79 Å². The monoisotopic (exact) mass is 309 g/mol. The Morgan fingerprint density at radius 2 is 1.94 bits per heavy atom. The molecule has 1 aromatic carbocycles. The smallest absolute Gasteiger partial charge is 0.338 e. The minimum atomic E-state index is -0.960. The van der Waals surface area contributed by atoms with Gasteiger partial charge in [0, 0.05) is 26.7 Å². The van der Waals surface area contributed by atoms with Crippen LogP contribution in [0.15, 0.2) is 57.0 Å². The van der Waals surface area contributed by atoms with Crippen LogP contribution in [0.25, 0.3) is 0 Å². The zero-order valence-corrected chi connectivity index (χ0v) is 11.0. The van der Waals surface area contributed by atoms with E-state index in [9.17, 15) is 4.79 Å². The van der Waals surface area contributed by atoms with Crippen LogP contribution in [0.3, 0.4) is 0 Å². The number of halogens is 1. The third-order valence-electron chi connectivity index (χ3n) is 2.05. The van der Waals surface area contributed by atoms with E-state index in [1.54, 1.807) is 12.3 Å². The molecule has 2 aromatic rings.